The van der Waals surface area contributed by atoms with Crippen LogP contribution in [0, 0.1) is 11.3 Å². The third kappa shape index (κ3) is 5.49. The van der Waals surface area contributed by atoms with E-state index in [4.69, 9.17) is 0 Å². The molecular formula is C15H30N2O3. The number of carboxylic acid groups (broad SMARTS) is 1. The normalized spacial score (nSPS) is 16.0. The number of carboxylic acids is 1. The van der Waals surface area contributed by atoms with E-state index in [1.807, 2.05) is 20.8 Å². The summed E-state index contributed by atoms with van der Waals surface area (Å²) in [5, 5.41) is 12.2. The van der Waals surface area contributed by atoms with Gasteiger partial charge in [0.05, 0.1) is 5.41 Å². The first-order chi connectivity index (χ1) is 9.17. The van der Waals surface area contributed by atoms with Crippen LogP contribution in [0.1, 0.15) is 48.0 Å². The standard InChI is InChI=1S/C15H30N2O3/c1-7-17(8-2)10-12(5)16-13(18)9-15(6,11(3)4)14(19)20/h11-12H,7-10H2,1-6H3,(H,16,18)(H,19,20). The molecule has 5 nitrogen and oxygen atoms in total. The molecule has 2 N–H and O–H groups in total. The molecule has 2 atom stereocenters. The van der Waals surface area contributed by atoms with Crippen LogP contribution in [0.3, 0.4) is 0 Å². The third-order valence-electron chi connectivity index (χ3n) is 4.12. The molecule has 0 heterocycles. The van der Waals surface area contributed by atoms with Crippen molar-refractivity contribution in [3.8, 4) is 0 Å². The van der Waals surface area contributed by atoms with Crippen LogP contribution in [0.4, 0.5) is 0 Å². The van der Waals surface area contributed by atoms with Crippen LogP contribution in [0.5, 0.6) is 0 Å². The number of carbonyl (C=O) groups excluding carboxylic acids is 1. The van der Waals surface area contributed by atoms with E-state index in [1.54, 1.807) is 6.92 Å². The number of carbonyl (C=O) groups is 2. The Labute approximate surface area is 122 Å². The molecule has 0 saturated heterocycles. The molecule has 20 heavy (non-hydrogen) atoms. The van der Waals surface area contributed by atoms with E-state index in [0.29, 0.717) is 0 Å². The van der Waals surface area contributed by atoms with Gasteiger partial charge >= 0.3 is 5.97 Å². The fourth-order valence-corrected chi connectivity index (χ4v) is 2.10. The van der Waals surface area contributed by atoms with Crippen LogP contribution in [0.25, 0.3) is 0 Å². The zero-order chi connectivity index (χ0) is 15.9. The molecular weight excluding hydrogens is 256 g/mol. The van der Waals surface area contributed by atoms with Gasteiger partial charge in [0.25, 0.3) is 0 Å². The van der Waals surface area contributed by atoms with Gasteiger partial charge in [-0.1, -0.05) is 27.7 Å². The second kappa shape index (κ2) is 8.25. The summed E-state index contributed by atoms with van der Waals surface area (Å²) in [5.74, 6) is -1.20. The second-order valence-electron chi connectivity index (χ2n) is 6.01. The molecule has 0 bridgehead atoms. The maximum atomic E-state index is 12.0. The van der Waals surface area contributed by atoms with Crippen molar-refractivity contribution in [2.24, 2.45) is 11.3 Å². The number of hydrogen-bond donors (Lipinski definition) is 2. The summed E-state index contributed by atoms with van der Waals surface area (Å²) in [6.07, 6.45) is 0.0165. The minimum absolute atomic E-state index is 0.0165. The van der Waals surface area contributed by atoms with Crippen LogP contribution in [-0.4, -0.2) is 47.6 Å². The Morgan fingerprint density at radius 1 is 1.20 bits per heavy atom. The van der Waals surface area contributed by atoms with Crippen molar-refractivity contribution in [2.75, 3.05) is 19.6 Å². The Morgan fingerprint density at radius 2 is 1.70 bits per heavy atom. The highest BCUT2D eigenvalue weighted by atomic mass is 16.4. The van der Waals surface area contributed by atoms with Gasteiger partial charge in [0.15, 0.2) is 0 Å². The molecule has 0 aromatic rings. The van der Waals surface area contributed by atoms with Crippen LogP contribution >= 0.6 is 0 Å². The number of likely N-dealkylation sites (N-methyl/N-ethyl adjacent to an activating group) is 1. The first kappa shape index (κ1) is 18.9. The summed E-state index contributed by atoms with van der Waals surface area (Å²) in [7, 11) is 0. The number of aliphatic carboxylic acids is 1. The third-order valence-corrected chi connectivity index (χ3v) is 4.12. The molecule has 0 aliphatic carbocycles. The average molecular weight is 286 g/mol. The van der Waals surface area contributed by atoms with Gasteiger partial charge in [-0.2, -0.15) is 0 Å². The van der Waals surface area contributed by atoms with E-state index in [1.165, 1.54) is 0 Å². The maximum absolute atomic E-state index is 12.0. The van der Waals surface area contributed by atoms with Crippen molar-refractivity contribution < 1.29 is 14.7 Å². The first-order valence-corrected chi connectivity index (χ1v) is 7.42. The molecule has 0 aliphatic rings. The van der Waals surface area contributed by atoms with Gasteiger partial charge in [-0.25, -0.2) is 0 Å². The molecule has 0 spiro atoms. The summed E-state index contributed by atoms with van der Waals surface area (Å²) < 4.78 is 0. The highest BCUT2D eigenvalue weighted by molar-refractivity contribution is 5.85. The van der Waals surface area contributed by atoms with E-state index in [0.717, 1.165) is 19.6 Å². The summed E-state index contributed by atoms with van der Waals surface area (Å²) in [5.41, 5.74) is -1.01. The Bertz CT molecular complexity index is 327. The Kier molecular flexibility index (Phi) is 7.79. The summed E-state index contributed by atoms with van der Waals surface area (Å²) in [6.45, 7) is 14.1. The van der Waals surface area contributed by atoms with Gasteiger partial charge in [0, 0.05) is 19.0 Å². The number of amides is 1. The molecule has 0 aliphatic heterocycles. The minimum atomic E-state index is -1.01. The number of nitrogens with zero attached hydrogens (tertiary/aromatic N) is 1. The Morgan fingerprint density at radius 3 is 2.05 bits per heavy atom. The van der Waals surface area contributed by atoms with Gasteiger partial charge in [0.2, 0.25) is 5.91 Å². The van der Waals surface area contributed by atoms with Gasteiger partial charge < -0.3 is 15.3 Å². The van der Waals surface area contributed by atoms with Crippen LogP contribution in [0.2, 0.25) is 0 Å². The van der Waals surface area contributed by atoms with E-state index in [2.05, 4.69) is 24.1 Å². The SMILES string of the molecule is CCN(CC)CC(C)NC(=O)CC(C)(C(=O)O)C(C)C. The van der Waals surface area contributed by atoms with Crippen molar-refractivity contribution in [2.45, 2.75) is 54.0 Å². The minimum Gasteiger partial charge on any atom is -0.481 e. The summed E-state index contributed by atoms with van der Waals surface area (Å²) >= 11 is 0. The van der Waals surface area contributed by atoms with Crippen molar-refractivity contribution in [3.63, 3.8) is 0 Å². The Hall–Kier alpha value is -1.10. The first-order valence-electron chi connectivity index (χ1n) is 7.42. The quantitative estimate of drug-likeness (QED) is 0.680. The van der Waals surface area contributed by atoms with Gasteiger partial charge in [-0.15, -0.1) is 0 Å². The molecule has 0 aromatic carbocycles. The zero-order valence-corrected chi connectivity index (χ0v) is 13.7. The molecule has 118 valence electrons. The lowest BCUT2D eigenvalue weighted by molar-refractivity contribution is -0.153. The average Bonchev–Trinajstić information content (AvgIpc) is 2.34. The van der Waals surface area contributed by atoms with E-state index >= 15 is 0 Å². The Balaban J connectivity index is 4.51. The molecule has 0 rings (SSSR count). The molecule has 5 heteroatoms. The van der Waals surface area contributed by atoms with Gasteiger partial charge in [-0.3, -0.25) is 9.59 Å². The summed E-state index contributed by atoms with van der Waals surface area (Å²) in [4.78, 5) is 25.6. The highest BCUT2D eigenvalue weighted by Gasteiger charge is 2.38. The molecule has 0 aromatic heterocycles. The predicted molar refractivity (Wildman–Crippen MR) is 80.6 cm³/mol. The number of hydrogen-bond acceptors (Lipinski definition) is 3. The van der Waals surface area contributed by atoms with Crippen molar-refractivity contribution in [1.29, 1.82) is 0 Å². The lowest BCUT2D eigenvalue weighted by Crippen LogP contribution is -2.45. The van der Waals surface area contributed by atoms with Gasteiger partial charge in [0.1, 0.15) is 0 Å². The smallest absolute Gasteiger partial charge is 0.310 e. The summed E-state index contributed by atoms with van der Waals surface area (Å²) in [6, 6.07) is 0.0209. The van der Waals surface area contributed by atoms with E-state index in [9.17, 15) is 14.7 Å². The topological polar surface area (TPSA) is 69.6 Å². The van der Waals surface area contributed by atoms with Crippen molar-refractivity contribution >= 4 is 11.9 Å². The molecule has 0 saturated carbocycles. The van der Waals surface area contributed by atoms with E-state index in [-0.39, 0.29) is 24.3 Å². The fourth-order valence-electron chi connectivity index (χ4n) is 2.10. The fraction of sp³-hybridized carbons (Fsp3) is 0.867. The monoisotopic (exact) mass is 286 g/mol. The van der Waals surface area contributed by atoms with Crippen molar-refractivity contribution in [3.05, 3.63) is 0 Å². The molecule has 0 fully saturated rings. The maximum Gasteiger partial charge on any atom is 0.310 e. The molecule has 2 unspecified atom stereocenters. The zero-order valence-electron chi connectivity index (χ0n) is 13.7. The van der Waals surface area contributed by atoms with Crippen LogP contribution < -0.4 is 5.32 Å². The largest absolute Gasteiger partial charge is 0.481 e. The van der Waals surface area contributed by atoms with Crippen molar-refractivity contribution in [1.82, 2.24) is 10.2 Å². The van der Waals surface area contributed by atoms with E-state index < -0.39 is 11.4 Å². The highest BCUT2D eigenvalue weighted by Crippen LogP contribution is 2.31. The number of rotatable bonds is 9. The lowest BCUT2D eigenvalue weighted by atomic mass is 9.76. The lowest BCUT2D eigenvalue weighted by Gasteiger charge is -2.29. The predicted octanol–water partition coefficient (Wildman–Crippen LogP) is 1.97. The van der Waals surface area contributed by atoms with Crippen LogP contribution in [0.15, 0.2) is 0 Å². The second-order valence-corrected chi connectivity index (χ2v) is 6.01. The number of nitrogens with one attached hydrogen (secondary N) is 1. The molecule has 0 radical (unpaired) electrons. The van der Waals surface area contributed by atoms with Gasteiger partial charge in [-0.05, 0) is 32.9 Å². The molecule has 1 amide bonds. The van der Waals surface area contributed by atoms with Crippen LogP contribution in [-0.2, 0) is 9.59 Å².